The molecule has 1 aromatic rings. The van der Waals surface area contributed by atoms with Gasteiger partial charge in [0.05, 0.1) is 24.3 Å². The van der Waals surface area contributed by atoms with Crippen LogP contribution in [0.25, 0.3) is 0 Å². The fourth-order valence-electron chi connectivity index (χ4n) is 2.45. The number of hydrogen-bond acceptors (Lipinski definition) is 5. The number of unbranched alkanes of at least 4 members (excludes halogenated alkanes) is 1. The Morgan fingerprint density at radius 3 is 2.16 bits per heavy atom. The van der Waals surface area contributed by atoms with Gasteiger partial charge in [-0.05, 0) is 24.5 Å². The first-order chi connectivity index (χ1) is 12.1. The van der Waals surface area contributed by atoms with Crippen LogP contribution < -0.4 is 0 Å². The number of esters is 2. The zero-order valence-electron chi connectivity index (χ0n) is 15.6. The number of rotatable bonds is 12. The molecule has 0 fully saturated rings. The van der Waals surface area contributed by atoms with Crippen LogP contribution in [0.5, 0.6) is 0 Å². The summed E-state index contributed by atoms with van der Waals surface area (Å²) in [7, 11) is 1.59. The molecule has 1 unspecified atom stereocenters. The van der Waals surface area contributed by atoms with Crippen molar-refractivity contribution in [2.24, 2.45) is 5.92 Å². The molecule has 0 aliphatic heterocycles. The monoisotopic (exact) mass is 350 g/mol. The second kappa shape index (κ2) is 12.5. The maximum atomic E-state index is 12.4. The van der Waals surface area contributed by atoms with Crippen molar-refractivity contribution in [3.05, 3.63) is 35.4 Å². The maximum absolute atomic E-state index is 12.4. The van der Waals surface area contributed by atoms with E-state index in [1.165, 1.54) is 0 Å². The normalized spacial score (nSPS) is 11.8. The van der Waals surface area contributed by atoms with Gasteiger partial charge in [0, 0.05) is 20.1 Å². The first-order valence-corrected chi connectivity index (χ1v) is 9.06. The van der Waals surface area contributed by atoms with Crippen LogP contribution in [-0.4, -0.2) is 38.9 Å². The van der Waals surface area contributed by atoms with Gasteiger partial charge in [0.15, 0.2) is 0 Å². The molecule has 1 aromatic carbocycles. The molecular weight excluding hydrogens is 320 g/mol. The number of carbonyl (C=O) groups excluding carboxylic acids is 2. The summed E-state index contributed by atoms with van der Waals surface area (Å²) < 4.78 is 15.6. The van der Waals surface area contributed by atoms with E-state index in [4.69, 9.17) is 14.2 Å². The Bertz CT molecular complexity index is 527. The number of hydrogen-bond donors (Lipinski definition) is 0. The molecule has 25 heavy (non-hydrogen) atoms. The molecule has 0 saturated carbocycles. The Balaban J connectivity index is 2.64. The van der Waals surface area contributed by atoms with Crippen LogP contribution >= 0.6 is 0 Å². The van der Waals surface area contributed by atoms with E-state index in [-0.39, 0.29) is 17.7 Å². The van der Waals surface area contributed by atoms with Crippen LogP contribution in [0.15, 0.2) is 24.3 Å². The highest BCUT2D eigenvalue weighted by Gasteiger charge is 2.20. The van der Waals surface area contributed by atoms with Crippen LogP contribution in [0.3, 0.4) is 0 Å². The minimum Gasteiger partial charge on any atom is -0.462 e. The van der Waals surface area contributed by atoms with Crippen molar-refractivity contribution in [3.63, 3.8) is 0 Å². The van der Waals surface area contributed by atoms with Crippen molar-refractivity contribution >= 4 is 11.9 Å². The first kappa shape index (κ1) is 21.2. The van der Waals surface area contributed by atoms with Crippen molar-refractivity contribution in [3.8, 4) is 0 Å². The summed E-state index contributed by atoms with van der Waals surface area (Å²) in [6, 6.07) is 6.61. The van der Waals surface area contributed by atoms with Gasteiger partial charge in [0.1, 0.15) is 0 Å². The second-order valence-electron chi connectivity index (χ2n) is 6.04. The molecule has 0 amide bonds. The van der Waals surface area contributed by atoms with Gasteiger partial charge >= 0.3 is 11.9 Å². The highest BCUT2D eigenvalue weighted by molar-refractivity contribution is 6.03. The lowest BCUT2D eigenvalue weighted by atomic mass is 10.0. The van der Waals surface area contributed by atoms with E-state index in [1.807, 2.05) is 0 Å². The Morgan fingerprint density at radius 2 is 1.60 bits per heavy atom. The fourth-order valence-corrected chi connectivity index (χ4v) is 2.45. The molecule has 0 heterocycles. The third-order valence-corrected chi connectivity index (χ3v) is 4.09. The fraction of sp³-hybridized carbons (Fsp3) is 0.600. The van der Waals surface area contributed by atoms with Crippen LogP contribution in [0.1, 0.15) is 66.7 Å². The predicted molar refractivity (Wildman–Crippen MR) is 96.8 cm³/mol. The zero-order valence-corrected chi connectivity index (χ0v) is 15.6. The lowest BCUT2D eigenvalue weighted by Crippen LogP contribution is -2.18. The smallest absolute Gasteiger partial charge is 0.339 e. The van der Waals surface area contributed by atoms with Gasteiger partial charge in [-0.15, -0.1) is 0 Å². The molecule has 0 aliphatic carbocycles. The summed E-state index contributed by atoms with van der Waals surface area (Å²) in [5, 5.41) is 0. The van der Waals surface area contributed by atoms with E-state index in [2.05, 4.69) is 13.8 Å². The molecule has 0 N–H and O–H groups in total. The Kier molecular flexibility index (Phi) is 10.6. The van der Waals surface area contributed by atoms with Gasteiger partial charge in [0.25, 0.3) is 0 Å². The first-order valence-electron chi connectivity index (χ1n) is 9.06. The number of benzene rings is 1. The van der Waals surface area contributed by atoms with Crippen LogP contribution in [0.4, 0.5) is 0 Å². The molecule has 0 aromatic heterocycles. The molecule has 0 radical (unpaired) electrons. The largest absolute Gasteiger partial charge is 0.462 e. The van der Waals surface area contributed by atoms with Crippen molar-refractivity contribution in [2.75, 3.05) is 26.9 Å². The van der Waals surface area contributed by atoms with E-state index in [9.17, 15) is 9.59 Å². The van der Waals surface area contributed by atoms with Gasteiger partial charge in [-0.3, -0.25) is 0 Å². The summed E-state index contributed by atoms with van der Waals surface area (Å²) in [6.07, 6.45) is 4.88. The number of carbonyl (C=O) groups is 2. The third kappa shape index (κ3) is 7.69. The molecule has 1 atom stereocenters. The van der Waals surface area contributed by atoms with E-state index in [0.717, 1.165) is 25.7 Å². The molecule has 0 bridgehead atoms. The average Bonchev–Trinajstić information content (AvgIpc) is 2.65. The lowest BCUT2D eigenvalue weighted by molar-refractivity contribution is 0.0397. The topological polar surface area (TPSA) is 61.8 Å². The molecule has 5 heteroatoms. The number of methoxy groups -OCH3 is 1. The quantitative estimate of drug-likeness (QED) is 0.416. The molecule has 140 valence electrons. The molecular formula is C20H30O5. The molecule has 0 saturated heterocycles. The summed E-state index contributed by atoms with van der Waals surface area (Å²) in [6.45, 7) is 5.40. The molecule has 0 spiro atoms. The van der Waals surface area contributed by atoms with E-state index < -0.39 is 11.9 Å². The van der Waals surface area contributed by atoms with Gasteiger partial charge in [-0.1, -0.05) is 45.2 Å². The van der Waals surface area contributed by atoms with Crippen LogP contribution in [-0.2, 0) is 14.2 Å². The van der Waals surface area contributed by atoms with E-state index in [0.29, 0.717) is 25.6 Å². The Morgan fingerprint density at radius 1 is 0.960 bits per heavy atom. The molecule has 5 nitrogen and oxygen atoms in total. The van der Waals surface area contributed by atoms with Gasteiger partial charge < -0.3 is 14.2 Å². The van der Waals surface area contributed by atoms with Gasteiger partial charge in [0.2, 0.25) is 0 Å². The summed E-state index contributed by atoms with van der Waals surface area (Å²) in [5.41, 5.74) is 0.496. The highest BCUT2D eigenvalue weighted by Crippen LogP contribution is 2.16. The second-order valence-corrected chi connectivity index (χ2v) is 6.04. The van der Waals surface area contributed by atoms with E-state index >= 15 is 0 Å². The lowest BCUT2D eigenvalue weighted by Gasteiger charge is -2.15. The summed E-state index contributed by atoms with van der Waals surface area (Å²) >= 11 is 0. The maximum Gasteiger partial charge on any atom is 0.339 e. The summed E-state index contributed by atoms with van der Waals surface area (Å²) in [4.78, 5) is 24.6. The van der Waals surface area contributed by atoms with Crippen molar-refractivity contribution in [2.45, 2.75) is 46.0 Å². The van der Waals surface area contributed by atoms with Gasteiger partial charge in [-0.2, -0.15) is 0 Å². The average molecular weight is 350 g/mol. The van der Waals surface area contributed by atoms with Gasteiger partial charge in [-0.25, -0.2) is 9.59 Å². The van der Waals surface area contributed by atoms with Crippen molar-refractivity contribution < 1.29 is 23.8 Å². The summed E-state index contributed by atoms with van der Waals surface area (Å²) in [5.74, 6) is -0.627. The van der Waals surface area contributed by atoms with Crippen molar-refractivity contribution in [1.82, 2.24) is 0 Å². The van der Waals surface area contributed by atoms with Crippen molar-refractivity contribution in [1.29, 1.82) is 0 Å². The SMILES string of the molecule is CCCCC(CC)COC(=O)c1ccccc1C(=O)OCCCOC. The predicted octanol–water partition coefficient (Wildman–Crippen LogP) is 4.25. The van der Waals surface area contributed by atoms with Crippen LogP contribution in [0, 0.1) is 5.92 Å². The number of ether oxygens (including phenoxy) is 3. The minimum absolute atomic E-state index is 0.242. The minimum atomic E-state index is -0.512. The highest BCUT2D eigenvalue weighted by atomic mass is 16.5. The Hall–Kier alpha value is -1.88. The van der Waals surface area contributed by atoms with Crippen LogP contribution in [0.2, 0.25) is 0 Å². The van der Waals surface area contributed by atoms with E-state index in [1.54, 1.807) is 31.4 Å². The molecule has 1 rings (SSSR count). The molecule has 0 aliphatic rings. The standard InChI is InChI=1S/C20H30O5/c1-4-6-10-16(5-2)15-25-20(22)18-12-8-7-11-17(18)19(21)24-14-9-13-23-3/h7-8,11-12,16H,4-6,9-10,13-15H2,1-3H3. The Labute approximate surface area is 150 Å². The third-order valence-electron chi connectivity index (χ3n) is 4.09. The zero-order chi connectivity index (χ0) is 18.5.